The molecule has 0 aliphatic rings. The second-order valence-corrected chi connectivity index (χ2v) is 11.7. The lowest BCUT2D eigenvalue weighted by molar-refractivity contribution is -0.136. The van der Waals surface area contributed by atoms with Crippen LogP contribution in [0.25, 0.3) is 0 Å². The third-order valence-electron chi connectivity index (χ3n) is 6.29. The SMILES string of the molecule is CCCCCCCCCCCCCCCCCCc1ccc(P(=O)(O)CCC(=O)O)cc1. The number of aryl methyl sites for hydroxylation is 1. The van der Waals surface area contributed by atoms with E-state index in [0.717, 1.165) is 12.8 Å². The number of carboxylic acid groups (broad SMARTS) is 1. The van der Waals surface area contributed by atoms with Crippen LogP contribution < -0.4 is 5.30 Å². The average Bonchev–Trinajstić information content (AvgIpc) is 2.78. The van der Waals surface area contributed by atoms with Crippen LogP contribution in [-0.2, 0) is 15.8 Å². The summed E-state index contributed by atoms with van der Waals surface area (Å²) in [6.45, 7) is 2.27. The van der Waals surface area contributed by atoms with Gasteiger partial charge in [0.25, 0.3) is 0 Å². The van der Waals surface area contributed by atoms with Gasteiger partial charge in [-0.2, -0.15) is 0 Å². The Labute approximate surface area is 196 Å². The second kappa shape index (κ2) is 18.3. The molecule has 5 heteroatoms. The number of benzene rings is 1. The summed E-state index contributed by atoms with van der Waals surface area (Å²) >= 11 is 0. The van der Waals surface area contributed by atoms with E-state index in [2.05, 4.69) is 6.92 Å². The Bertz CT molecular complexity index is 642. The molecular formula is C27H47O4P. The first-order valence-corrected chi connectivity index (χ1v) is 14.9. The second-order valence-electron chi connectivity index (χ2n) is 9.29. The molecule has 1 aromatic carbocycles. The molecule has 1 unspecified atom stereocenters. The monoisotopic (exact) mass is 466 g/mol. The van der Waals surface area contributed by atoms with Crippen LogP contribution in [0.15, 0.2) is 24.3 Å². The highest BCUT2D eigenvalue weighted by Crippen LogP contribution is 2.39. The highest BCUT2D eigenvalue weighted by Gasteiger charge is 2.22. The summed E-state index contributed by atoms with van der Waals surface area (Å²) in [7, 11) is -3.56. The van der Waals surface area contributed by atoms with Crippen molar-refractivity contribution in [3.8, 4) is 0 Å². The van der Waals surface area contributed by atoms with Crippen molar-refractivity contribution in [1.82, 2.24) is 0 Å². The molecule has 2 N–H and O–H groups in total. The van der Waals surface area contributed by atoms with Crippen LogP contribution in [0, 0.1) is 0 Å². The summed E-state index contributed by atoms with van der Waals surface area (Å²) in [6.07, 6.45) is 22.3. The Balaban J connectivity index is 1.97. The van der Waals surface area contributed by atoms with E-state index in [1.54, 1.807) is 12.1 Å². The molecular weight excluding hydrogens is 419 g/mol. The maximum absolute atomic E-state index is 12.2. The summed E-state index contributed by atoms with van der Waals surface area (Å²) in [5.74, 6) is -1.04. The lowest BCUT2D eigenvalue weighted by Gasteiger charge is -2.11. The first-order valence-electron chi connectivity index (χ1n) is 13.1. The Hall–Kier alpha value is -1.12. The number of carbonyl (C=O) groups is 1. The Kier molecular flexibility index (Phi) is 16.6. The molecule has 32 heavy (non-hydrogen) atoms. The molecule has 0 amide bonds. The van der Waals surface area contributed by atoms with Crippen LogP contribution in [0.1, 0.15) is 122 Å². The first-order chi connectivity index (χ1) is 15.5. The van der Waals surface area contributed by atoms with Crippen molar-refractivity contribution >= 4 is 18.6 Å². The van der Waals surface area contributed by atoms with E-state index < -0.39 is 13.3 Å². The van der Waals surface area contributed by atoms with Gasteiger partial charge < -0.3 is 10.00 Å². The van der Waals surface area contributed by atoms with Crippen molar-refractivity contribution in [3.05, 3.63) is 29.8 Å². The standard InChI is InChI=1S/C27H47O4P/c1-2-3-4-5-6-7-8-9-10-11-12-13-14-15-16-17-18-25-19-21-26(22-20-25)32(30,31)24-23-27(28)29/h19-22H,2-18,23-24H2,1H3,(H,28,29)(H,30,31). The lowest BCUT2D eigenvalue weighted by atomic mass is 10.0. The summed E-state index contributed by atoms with van der Waals surface area (Å²) in [6, 6.07) is 7.18. The minimum atomic E-state index is -3.56. The summed E-state index contributed by atoms with van der Waals surface area (Å²) < 4.78 is 12.2. The van der Waals surface area contributed by atoms with Crippen molar-refractivity contribution < 1.29 is 19.4 Å². The number of aliphatic carboxylic acids is 1. The average molecular weight is 467 g/mol. The van der Waals surface area contributed by atoms with Crippen molar-refractivity contribution in [2.75, 3.05) is 6.16 Å². The summed E-state index contributed by atoms with van der Waals surface area (Å²) in [5, 5.41) is 9.06. The van der Waals surface area contributed by atoms with Gasteiger partial charge in [-0.3, -0.25) is 9.36 Å². The van der Waals surface area contributed by atoms with Crippen LogP contribution >= 0.6 is 7.37 Å². The fourth-order valence-corrected chi connectivity index (χ4v) is 5.52. The lowest BCUT2D eigenvalue weighted by Crippen LogP contribution is -2.10. The highest BCUT2D eigenvalue weighted by atomic mass is 31.2. The molecule has 0 heterocycles. The van der Waals surface area contributed by atoms with Gasteiger partial charge >= 0.3 is 5.97 Å². The maximum Gasteiger partial charge on any atom is 0.303 e. The van der Waals surface area contributed by atoms with Crippen molar-refractivity contribution in [1.29, 1.82) is 0 Å². The minimum absolute atomic E-state index is 0.208. The molecule has 0 spiro atoms. The predicted octanol–water partition coefficient (Wildman–Crippen LogP) is 7.86. The number of hydrogen-bond donors (Lipinski definition) is 2. The largest absolute Gasteiger partial charge is 0.481 e. The van der Waals surface area contributed by atoms with Gasteiger partial charge in [0.05, 0.1) is 6.42 Å². The molecule has 0 saturated heterocycles. The molecule has 0 radical (unpaired) electrons. The molecule has 0 saturated carbocycles. The molecule has 1 atom stereocenters. The van der Waals surface area contributed by atoms with Crippen molar-refractivity contribution in [3.63, 3.8) is 0 Å². The van der Waals surface area contributed by atoms with Crippen molar-refractivity contribution in [2.24, 2.45) is 0 Å². The topological polar surface area (TPSA) is 74.6 Å². The predicted molar refractivity (Wildman–Crippen MR) is 136 cm³/mol. The Morgan fingerprint density at radius 1 is 0.719 bits per heavy atom. The van der Waals surface area contributed by atoms with Crippen LogP contribution in [0.3, 0.4) is 0 Å². The zero-order chi connectivity index (χ0) is 23.5. The molecule has 4 nitrogen and oxygen atoms in total. The van der Waals surface area contributed by atoms with Crippen LogP contribution in [0.4, 0.5) is 0 Å². The van der Waals surface area contributed by atoms with Crippen LogP contribution in [-0.4, -0.2) is 22.1 Å². The van der Waals surface area contributed by atoms with E-state index in [1.807, 2.05) is 12.1 Å². The molecule has 0 bridgehead atoms. The third-order valence-corrected chi connectivity index (χ3v) is 8.22. The molecule has 0 fully saturated rings. The normalized spacial score (nSPS) is 13.2. The fourth-order valence-electron chi connectivity index (χ4n) is 4.15. The van der Waals surface area contributed by atoms with Gasteiger partial charge in [0.2, 0.25) is 7.37 Å². The van der Waals surface area contributed by atoms with E-state index in [1.165, 1.54) is 102 Å². The van der Waals surface area contributed by atoms with Gasteiger partial charge in [-0.05, 0) is 30.5 Å². The maximum atomic E-state index is 12.2. The van der Waals surface area contributed by atoms with Crippen LogP contribution in [0.5, 0.6) is 0 Å². The first kappa shape index (κ1) is 28.9. The fraction of sp³-hybridized carbons (Fsp3) is 0.741. The van der Waals surface area contributed by atoms with E-state index in [-0.39, 0.29) is 12.6 Å². The van der Waals surface area contributed by atoms with Gasteiger partial charge in [0.1, 0.15) is 0 Å². The Morgan fingerprint density at radius 2 is 1.12 bits per heavy atom. The highest BCUT2D eigenvalue weighted by molar-refractivity contribution is 7.66. The minimum Gasteiger partial charge on any atom is -0.481 e. The van der Waals surface area contributed by atoms with E-state index >= 15 is 0 Å². The molecule has 1 aromatic rings. The van der Waals surface area contributed by atoms with Gasteiger partial charge in [0.15, 0.2) is 0 Å². The van der Waals surface area contributed by atoms with Gasteiger partial charge in [-0.1, -0.05) is 115 Å². The summed E-state index contributed by atoms with van der Waals surface area (Å²) in [4.78, 5) is 20.7. The number of carboxylic acids is 1. The van der Waals surface area contributed by atoms with Crippen LogP contribution in [0.2, 0.25) is 0 Å². The molecule has 184 valence electrons. The molecule has 0 aliphatic heterocycles. The number of rotatable bonds is 21. The Morgan fingerprint density at radius 3 is 1.53 bits per heavy atom. The van der Waals surface area contributed by atoms with Gasteiger partial charge in [-0.15, -0.1) is 0 Å². The smallest absolute Gasteiger partial charge is 0.303 e. The van der Waals surface area contributed by atoms with E-state index in [4.69, 9.17) is 5.11 Å². The number of hydrogen-bond acceptors (Lipinski definition) is 2. The molecule has 0 aromatic heterocycles. The number of unbranched alkanes of at least 4 members (excludes halogenated alkanes) is 15. The third kappa shape index (κ3) is 14.9. The molecule has 0 aliphatic carbocycles. The zero-order valence-electron chi connectivity index (χ0n) is 20.4. The van der Waals surface area contributed by atoms with Gasteiger partial charge in [0, 0.05) is 11.5 Å². The summed E-state index contributed by atoms with van der Waals surface area (Å²) in [5.41, 5.74) is 1.18. The molecule has 1 rings (SSSR count). The van der Waals surface area contributed by atoms with Crippen molar-refractivity contribution in [2.45, 2.75) is 122 Å². The van der Waals surface area contributed by atoms with E-state index in [0.29, 0.717) is 5.30 Å². The quantitative estimate of drug-likeness (QED) is 0.143. The zero-order valence-corrected chi connectivity index (χ0v) is 21.3. The van der Waals surface area contributed by atoms with Gasteiger partial charge in [-0.25, -0.2) is 0 Å². The van der Waals surface area contributed by atoms with E-state index in [9.17, 15) is 14.3 Å².